The number of carbonyl (C=O) groups is 1. The molecule has 2 aromatic heterocycles. The molecule has 4 rings (SSSR count). The van der Waals surface area contributed by atoms with Gasteiger partial charge in [-0.2, -0.15) is 0 Å². The van der Waals surface area contributed by atoms with Crippen LogP contribution in [0.3, 0.4) is 0 Å². The van der Waals surface area contributed by atoms with Crippen molar-refractivity contribution in [2.24, 2.45) is 0 Å². The minimum Gasteiger partial charge on any atom is -0.346 e. The Bertz CT molecular complexity index is 1220. The molecular formula is C22H21FN6OS2. The van der Waals surface area contributed by atoms with Crippen LogP contribution in [0.4, 0.5) is 4.39 Å². The number of thioether (sulfide) groups is 1. The second-order valence-electron chi connectivity index (χ2n) is 6.96. The van der Waals surface area contributed by atoms with Gasteiger partial charge in [-0.3, -0.25) is 4.79 Å². The normalized spacial score (nSPS) is 11.0. The van der Waals surface area contributed by atoms with Gasteiger partial charge in [0, 0.05) is 18.7 Å². The molecule has 0 aliphatic heterocycles. The highest BCUT2D eigenvalue weighted by Gasteiger charge is 2.17. The molecule has 0 saturated heterocycles. The lowest BCUT2D eigenvalue weighted by Crippen LogP contribution is -2.22. The van der Waals surface area contributed by atoms with Crippen LogP contribution in [0.5, 0.6) is 0 Å². The summed E-state index contributed by atoms with van der Waals surface area (Å²) in [5, 5.41) is 21.5. The number of carbonyl (C=O) groups excluding carboxylic acids is 1. The molecule has 1 N–H and O–H groups in total. The van der Waals surface area contributed by atoms with E-state index in [1.807, 2.05) is 18.2 Å². The van der Waals surface area contributed by atoms with Crippen molar-refractivity contribution in [2.75, 3.05) is 0 Å². The molecule has 0 radical (unpaired) electrons. The van der Waals surface area contributed by atoms with Crippen molar-refractivity contribution in [3.05, 3.63) is 75.5 Å². The summed E-state index contributed by atoms with van der Waals surface area (Å²) in [5.74, 6) is 0.763. The van der Waals surface area contributed by atoms with E-state index in [9.17, 15) is 9.18 Å². The molecule has 7 nitrogen and oxygen atoms in total. The van der Waals surface area contributed by atoms with Gasteiger partial charge in [-0.25, -0.2) is 4.39 Å². The molecule has 32 heavy (non-hydrogen) atoms. The predicted octanol–water partition coefficient (Wildman–Crippen LogP) is 4.49. The molecule has 0 aliphatic rings. The smallest absolute Gasteiger partial charge is 0.282 e. The van der Waals surface area contributed by atoms with E-state index in [2.05, 4.69) is 50.2 Å². The van der Waals surface area contributed by atoms with Crippen molar-refractivity contribution in [3.8, 4) is 11.4 Å². The number of hydrogen-bond donors (Lipinski definition) is 1. The highest BCUT2D eigenvalue weighted by molar-refractivity contribution is 7.98. The van der Waals surface area contributed by atoms with Gasteiger partial charge in [-0.15, -0.1) is 20.4 Å². The molecule has 0 atom stereocenters. The average molecular weight is 469 g/mol. The number of hydrogen-bond acceptors (Lipinski definition) is 7. The van der Waals surface area contributed by atoms with Crippen LogP contribution in [0, 0.1) is 12.7 Å². The molecular weight excluding hydrogens is 447 g/mol. The van der Waals surface area contributed by atoms with Crippen LogP contribution in [-0.2, 0) is 18.8 Å². The first-order valence-corrected chi connectivity index (χ1v) is 11.8. The third-order valence-electron chi connectivity index (χ3n) is 4.77. The molecule has 0 saturated carbocycles. The van der Waals surface area contributed by atoms with Crippen LogP contribution < -0.4 is 5.32 Å². The van der Waals surface area contributed by atoms with Crippen LogP contribution in [0.15, 0.2) is 53.7 Å². The summed E-state index contributed by atoms with van der Waals surface area (Å²) in [4.78, 5) is 12.4. The van der Waals surface area contributed by atoms with E-state index in [1.54, 1.807) is 12.1 Å². The van der Waals surface area contributed by atoms with Crippen LogP contribution >= 0.6 is 23.1 Å². The standard InChI is InChI=1S/C22H21FN6OS2/c1-3-29-19(17-7-5-4-6-14(17)2)26-28-22(29)31-13-18-25-27-21(32-18)20(30)24-12-15-8-10-16(23)11-9-15/h4-11H,3,12-13H2,1-2H3,(H,24,30). The zero-order valence-corrected chi connectivity index (χ0v) is 19.2. The zero-order chi connectivity index (χ0) is 22.5. The van der Waals surface area contributed by atoms with Gasteiger partial charge >= 0.3 is 0 Å². The highest BCUT2D eigenvalue weighted by Crippen LogP contribution is 2.28. The number of benzene rings is 2. The highest BCUT2D eigenvalue weighted by atomic mass is 32.2. The van der Waals surface area contributed by atoms with Gasteiger partial charge in [-0.1, -0.05) is 59.5 Å². The van der Waals surface area contributed by atoms with Crippen LogP contribution in [0.25, 0.3) is 11.4 Å². The minimum atomic E-state index is -0.309. The van der Waals surface area contributed by atoms with Gasteiger partial charge in [0.2, 0.25) is 5.01 Å². The maximum Gasteiger partial charge on any atom is 0.282 e. The number of aromatic nitrogens is 5. The summed E-state index contributed by atoms with van der Waals surface area (Å²) >= 11 is 2.76. The molecule has 4 aromatic rings. The second-order valence-corrected chi connectivity index (χ2v) is 8.97. The van der Waals surface area contributed by atoms with Crippen molar-refractivity contribution >= 4 is 29.0 Å². The maximum atomic E-state index is 13.0. The van der Waals surface area contributed by atoms with Crippen LogP contribution in [-0.4, -0.2) is 30.9 Å². The third-order valence-corrected chi connectivity index (χ3v) is 6.85. The molecule has 2 heterocycles. The van der Waals surface area contributed by atoms with E-state index in [4.69, 9.17) is 0 Å². The van der Waals surface area contributed by atoms with Gasteiger partial charge in [0.25, 0.3) is 5.91 Å². The average Bonchev–Trinajstić information content (AvgIpc) is 3.44. The molecule has 0 fully saturated rings. The van der Waals surface area contributed by atoms with Gasteiger partial charge in [0.05, 0.1) is 5.75 Å². The van der Waals surface area contributed by atoms with Crippen molar-refractivity contribution in [3.63, 3.8) is 0 Å². The van der Waals surface area contributed by atoms with Gasteiger partial charge in [0.15, 0.2) is 11.0 Å². The van der Waals surface area contributed by atoms with E-state index in [1.165, 1.54) is 35.2 Å². The van der Waals surface area contributed by atoms with Crippen molar-refractivity contribution in [1.82, 2.24) is 30.3 Å². The number of nitrogens with zero attached hydrogens (tertiary/aromatic N) is 5. The van der Waals surface area contributed by atoms with Crippen molar-refractivity contribution in [1.29, 1.82) is 0 Å². The summed E-state index contributed by atoms with van der Waals surface area (Å²) in [7, 11) is 0. The van der Waals surface area contributed by atoms with E-state index in [0.29, 0.717) is 17.3 Å². The van der Waals surface area contributed by atoms with Gasteiger partial charge in [-0.05, 0) is 37.1 Å². The predicted molar refractivity (Wildman–Crippen MR) is 123 cm³/mol. The molecule has 0 unspecified atom stereocenters. The maximum absolute atomic E-state index is 13.0. The Morgan fingerprint density at radius 1 is 1.09 bits per heavy atom. The topological polar surface area (TPSA) is 85.6 Å². The van der Waals surface area contributed by atoms with E-state index in [-0.39, 0.29) is 11.7 Å². The fourth-order valence-electron chi connectivity index (χ4n) is 3.09. The molecule has 164 valence electrons. The quantitative estimate of drug-likeness (QED) is 0.384. The number of halogens is 1. The summed E-state index contributed by atoms with van der Waals surface area (Å²) in [5.41, 5.74) is 3.01. The fraction of sp³-hybridized carbons (Fsp3) is 0.227. The number of rotatable bonds is 8. The van der Waals surface area contributed by atoms with Crippen molar-refractivity contribution in [2.45, 2.75) is 37.8 Å². The summed E-state index contributed by atoms with van der Waals surface area (Å²) in [6, 6.07) is 14.1. The molecule has 1 amide bonds. The van der Waals surface area contributed by atoms with Gasteiger partial charge < -0.3 is 9.88 Å². The Morgan fingerprint density at radius 2 is 1.88 bits per heavy atom. The Kier molecular flexibility index (Phi) is 6.91. The summed E-state index contributed by atoms with van der Waals surface area (Å²) in [6.45, 7) is 5.15. The summed E-state index contributed by atoms with van der Waals surface area (Å²) in [6.07, 6.45) is 0. The van der Waals surface area contributed by atoms with Crippen LogP contribution in [0.1, 0.15) is 32.9 Å². The number of amides is 1. The van der Waals surface area contributed by atoms with Crippen LogP contribution in [0.2, 0.25) is 0 Å². The lowest BCUT2D eigenvalue weighted by atomic mass is 10.1. The Morgan fingerprint density at radius 3 is 2.62 bits per heavy atom. The Labute approximate surface area is 193 Å². The van der Waals surface area contributed by atoms with E-state index >= 15 is 0 Å². The first-order valence-electron chi connectivity index (χ1n) is 10.0. The molecule has 0 bridgehead atoms. The van der Waals surface area contributed by atoms with E-state index in [0.717, 1.165) is 39.2 Å². The third kappa shape index (κ3) is 5.03. The molecule has 0 aliphatic carbocycles. The number of aryl methyl sites for hydroxylation is 1. The zero-order valence-electron chi connectivity index (χ0n) is 17.6. The molecule has 10 heteroatoms. The number of nitrogens with one attached hydrogen (secondary N) is 1. The van der Waals surface area contributed by atoms with E-state index < -0.39 is 0 Å². The van der Waals surface area contributed by atoms with Gasteiger partial charge in [0.1, 0.15) is 10.8 Å². The molecule has 2 aromatic carbocycles. The first kappa shape index (κ1) is 22.1. The largest absolute Gasteiger partial charge is 0.346 e. The Balaban J connectivity index is 1.38. The lowest BCUT2D eigenvalue weighted by molar-refractivity contribution is 0.0950. The molecule has 0 spiro atoms. The minimum absolute atomic E-state index is 0.292. The monoisotopic (exact) mass is 468 g/mol. The summed E-state index contributed by atoms with van der Waals surface area (Å²) < 4.78 is 15.1. The second kappa shape index (κ2) is 10.0. The first-order chi connectivity index (χ1) is 15.5. The fourth-order valence-corrected chi connectivity index (χ4v) is 4.84. The lowest BCUT2D eigenvalue weighted by Gasteiger charge is -2.08. The van der Waals surface area contributed by atoms with Crippen molar-refractivity contribution < 1.29 is 9.18 Å². The SMILES string of the molecule is CCn1c(SCc2nnc(C(=O)NCc3ccc(F)cc3)s2)nnc1-c1ccccc1C. The Hall–Kier alpha value is -3.11.